The highest BCUT2D eigenvalue weighted by atomic mass is 79.9. The Kier molecular flexibility index (Phi) is 5.76. The average molecular weight is 353 g/mol. The van der Waals surface area contributed by atoms with E-state index in [4.69, 9.17) is 5.73 Å². The van der Waals surface area contributed by atoms with Gasteiger partial charge in [0.25, 0.3) is 5.91 Å². The fourth-order valence-electron chi connectivity index (χ4n) is 1.79. The molecule has 3 N–H and O–H groups in total. The van der Waals surface area contributed by atoms with Crippen molar-refractivity contribution in [1.29, 1.82) is 0 Å². The molecule has 20 heavy (non-hydrogen) atoms. The van der Waals surface area contributed by atoms with E-state index in [1.54, 1.807) is 0 Å². The predicted molar refractivity (Wildman–Crippen MR) is 88.1 cm³/mol. The number of hydrogen-bond donors (Lipinski definition) is 2. The molecule has 3 nitrogen and oxygen atoms in total. The van der Waals surface area contributed by atoms with Crippen LogP contribution in [0, 0.1) is 0 Å². The van der Waals surface area contributed by atoms with Gasteiger partial charge in [0.05, 0.1) is 4.88 Å². The normalized spacial score (nSPS) is 10.5. The molecule has 0 bridgehead atoms. The highest BCUT2D eigenvalue weighted by Crippen LogP contribution is 2.29. The summed E-state index contributed by atoms with van der Waals surface area (Å²) in [6, 6.07) is 11.9. The van der Waals surface area contributed by atoms with E-state index >= 15 is 0 Å². The maximum absolute atomic E-state index is 12.0. The van der Waals surface area contributed by atoms with Gasteiger partial charge in [-0.25, -0.2) is 0 Å². The molecule has 0 radical (unpaired) electrons. The zero-order valence-electron chi connectivity index (χ0n) is 11.1. The fraction of sp³-hybridized carbons (Fsp3) is 0.267. The molecule has 2 aromatic rings. The standard InChI is InChI=1S/C15H17BrN2OS/c16-12-5-3-11(4-6-12)13-7-8-14(20-13)15(19)18-10-2-1-9-17/h3-8H,1-2,9-10,17H2,(H,18,19). The molecule has 1 heterocycles. The molecule has 0 spiro atoms. The molecular weight excluding hydrogens is 336 g/mol. The molecule has 0 atom stereocenters. The SMILES string of the molecule is NCCCCNC(=O)c1ccc(-c2ccc(Br)cc2)s1. The summed E-state index contributed by atoms with van der Waals surface area (Å²) in [4.78, 5) is 13.8. The Labute approximate surface area is 131 Å². The fourth-order valence-corrected chi connectivity index (χ4v) is 2.98. The lowest BCUT2D eigenvalue weighted by molar-refractivity contribution is 0.0957. The summed E-state index contributed by atoms with van der Waals surface area (Å²) in [5.74, 6) is -0.00427. The molecule has 0 fully saturated rings. The molecule has 0 aliphatic carbocycles. The van der Waals surface area contributed by atoms with Crippen LogP contribution < -0.4 is 11.1 Å². The third-order valence-corrected chi connectivity index (χ3v) is 4.54. The highest BCUT2D eigenvalue weighted by Gasteiger charge is 2.09. The van der Waals surface area contributed by atoms with Crippen molar-refractivity contribution < 1.29 is 4.79 Å². The first kappa shape index (κ1) is 15.2. The Bertz CT molecular complexity index is 566. The van der Waals surface area contributed by atoms with E-state index in [0.717, 1.165) is 32.6 Å². The van der Waals surface area contributed by atoms with E-state index in [2.05, 4.69) is 21.2 Å². The summed E-state index contributed by atoms with van der Waals surface area (Å²) in [5.41, 5.74) is 6.55. The van der Waals surface area contributed by atoms with Crippen LogP contribution in [-0.4, -0.2) is 19.0 Å². The van der Waals surface area contributed by atoms with Gasteiger partial charge in [-0.15, -0.1) is 11.3 Å². The molecule has 106 valence electrons. The largest absolute Gasteiger partial charge is 0.351 e. The number of nitrogens with one attached hydrogen (secondary N) is 1. The molecular formula is C15H17BrN2OS. The maximum Gasteiger partial charge on any atom is 0.261 e. The van der Waals surface area contributed by atoms with Crippen molar-refractivity contribution in [1.82, 2.24) is 5.32 Å². The minimum absolute atomic E-state index is 0.00427. The first-order chi connectivity index (χ1) is 9.70. The molecule has 1 amide bonds. The predicted octanol–water partition coefficient (Wildman–Crippen LogP) is 3.65. The van der Waals surface area contributed by atoms with Crippen LogP contribution in [0.15, 0.2) is 40.9 Å². The molecule has 5 heteroatoms. The minimum Gasteiger partial charge on any atom is -0.351 e. The van der Waals surface area contributed by atoms with Crippen LogP contribution >= 0.6 is 27.3 Å². The molecule has 0 unspecified atom stereocenters. The van der Waals surface area contributed by atoms with E-state index in [1.807, 2.05) is 36.4 Å². The number of hydrogen-bond acceptors (Lipinski definition) is 3. The third kappa shape index (κ3) is 4.16. The molecule has 0 aliphatic rings. The van der Waals surface area contributed by atoms with Crippen molar-refractivity contribution >= 4 is 33.2 Å². The Morgan fingerprint density at radius 1 is 1.15 bits per heavy atom. The van der Waals surface area contributed by atoms with Crippen LogP contribution in [0.25, 0.3) is 10.4 Å². The van der Waals surface area contributed by atoms with E-state index in [-0.39, 0.29) is 5.91 Å². The molecule has 1 aromatic heterocycles. The van der Waals surface area contributed by atoms with Gasteiger partial charge in [0.15, 0.2) is 0 Å². The number of thiophene rings is 1. The Balaban J connectivity index is 1.98. The van der Waals surface area contributed by atoms with Gasteiger partial charge in [-0.1, -0.05) is 28.1 Å². The number of unbranched alkanes of at least 4 members (excludes halogenated alkanes) is 1. The van der Waals surface area contributed by atoms with Gasteiger partial charge in [-0.2, -0.15) is 0 Å². The molecule has 2 rings (SSSR count). The van der Waals surface area contributed by atoms with E-state index in [0.29, 0.717) is 13.1 Å². The Morgan fingerprint density at radius 2 is 1.90 bits per heavy atom. The van der Waals surface area contributed by atoms with Crippen LogP contribution in [0.3, 0.4) is 0 Å². The summed E-state index contributed by atoms with van der Waals surface area (Å²) in [5, 5.41) is 2.92. The van der Waals surface area contributed by atoms with Gasteiger partial charge in [0.2, 0.25) is 0 Å². The average Bonchev–Trinajstić information content (AvgIpc) is 2.94. The monoisotopic (exact) mass is 352 g/mol. The van der Waals surface area contributed by atoms with Crippen molar-refractivity contribution in [3.8, 4) is 10.4 Å². The quantitative estimate of drug-likeness (QED) is 0.779. The number of nitrogens with two attached hydrogens (primary N) is 1. The number of halogens is 1. The van der Waals surface area contributed by atoms with Gasteiger partial charge in [-0.3, -0.25) is 4.79 Å². The van der Waals surface area contributed by atoms with E-state index in [1.165, 1.54) is 11.3 Å². The number of carbonyl (C=O) groups excluding carboxylic acids is 1. The number of rotatable bonds is 6. The first-order valence-corrected chi connectivity index (χ1v) is 8.15. The summed E-state index contributed by atoms with van der Waals surface area (Å²) in [6.07, 6.45) is 1.86. The second-order valence-corrected chi connectivity index (χ2v) is 6.42. The smallest absolute Gasteiger partial charge is 0.261 e. The zero-order valence-corrected chi connectivity index (χ0v) is 13.5. The van der Waals surface area contributed by atoms with Gasteiger partial charge >= 0.3 is 0 Å². The minimum atomic E-state index is -0.00427. The highest BCUT2D eigenvalue weighted by molar-refractivity contribution is 9.10. The van der Waals surface area contributed by atoms with Crippen molar-refractivity contribution in [3.05, 3.63) is 45.7 Å². The number of benzene rings is 1. The lowest BCUT2D eigenvalue weighted by Crippen LogP contribution is -2.23. The van der Waals surface area contributed by atoms with Crippen molar-refractivity contribution in [2.24, 2.45) is 5.73 Å². The van der Waals surface area contributed by atoms with Gasteiger partial charge in [-0.05, 0) is 49.2 Å². The summed E-state index contributed by atoms with van der Waals surface area (Å²) < 4.78 is 1.05. The van der Waals surface area contributed by atoms with Gasteiger partial charge in [0.1, 0.15) is 0 Å². The molecule has 1 aromatic carbocycles. The number of amides is 1. The topological polar surface area (TPSA) is 55.1 Å². The van der Waals surface area contributed by atoms with Crippen LogP contribution in [0.5, 0.6) is 0 Å². The second kappa shape index (κ2) is 7.57. The Hall–Kier alpha value is -1.17. The Morgan fingerprint density at radius 3 is 2.60 bits per heavy atom. The summed E-state index contributed by atoms with van der Waals surface area (Å²) in [7, 11) is 0. The van der Waals surface area contributed by atoms with Crippen LogP contribution in [0.2, 0.25) is 0 Å². The van der Waals surface area contributed by atoms with E-state index < -0.39 is 0 Å². The second-order valence-electron chi connectivity index (χ2n) is 4.42. The van der Waals surface area contributed by atoms with Crippen LogP contribution in [0.1, 0.15) is 22.5 Å². The first-order valence-electron chi connectivity index (χ1n) is 6.55. The van der Waals surface area contributed by atoms with Crippen molar-refractivity contribution in [2.45, 2.75) is 12.8 Å². The maximum atomic E-state index is 12.0. The summed E-state index contributed by atoms with van der Waals surface area (Å²) >= 11 is 4.93. The van der Waals surface area contributed by atoms with E-state index in [9.17, 15) is 4.79 Å². The van der Waals surface area contributed by atoms with Crippen LogP contribution in [0.4, 0.5) is 0 Å². The number of carbonyl (C=O) groups is 1. The van der Waals surface area contributed by atoms with Crippen LogP contribution in [-0.2, 0) is 0 Å². The van der Waals surface area contributed by atoms with Gasteiger partial charge in [0, 0.05) is 15.9 Å². The molecule has 0 aliphatic heterocycles. The third-order valence-electron chi connectivity index (χ3n) is 2.87. The summed E-state index contributed by atoms with van der Waals surface area (Å²) in [6.45, 7) is 1.35. The van der Waals surface area contributed by atoms with Crippen molar-refractivity contribution in [2.75, 3.05) is 13.1 Å². The van der Waals surface area contributed by atoms with Gasteiger partial charge < -0.3 is 11.1 Å². The van der Waals surface area contributed by atoms with Crippen molar-refractivity contribution in [3.63, 3.8) is 0 Å². The lowest BCUT2D eigenvalue weighted by atomic mass is 10.2. The zero-order chi connectivity index (χ0) is 14.4. The molecule has 0 saturated carbocycles. The molecule has 0 saturated heterocycles. The lowest BCUT2D eigenvalue weighted by Gasteiger charge is -2.02.